The first-order valence-electron chi connectivity index (χ1n) is 5.10. The van der Waals surface area contributed by atoms with Gasteiger partial charge in [-0.2, -0.15) is 0 Å². The van der Waals surface area contributed by atoms with Crippen molar-refractivity contribution in [3.63, 3.8) is 0 Å². The monoisotopic (exact) mass is 255 g/mol. The van der Waals surface area contributed by atoms with E-state index in [1.54, 1.807) is 10.6 Å². The lowest BCUT2D eigenvalue weighted by Gasteiger charge is -2.05. The number of hydrogen-bond donors (Lipinski definition) is 1. The van der Waals surface area contributed by atoms with Crippen molar-refractivity contribution in [2.45, 2.75) is 13.0 Å². The first-order valence-corrected chi connectivity index (χ1v) is 5.64. The fourth-order valence-electron chi connectivity index (χ4n) is 1.76. The summed E-state index contributed by atoms with van der Waals surface area (Å²) in [5, 5.41) is 0. The molecular formula is C11H11ClFN3O. The molecule has 90 valence electrons. The molecule has 0 unspecified atom stereocenters. The number of imidazole rings is 1. The number of halogens is 2. The molecule has 0 fully saturated rings. The Morgan fingerprint density at radius 3 is 2.94 bits per heavy atom. The smallest absolute Gasteiger partial charge is 0.237 e. The number of aromatic nitrogens is 2. The summed E-state index contributed by atoms with van der Waals surface area (Å²) in [6.07, 6.45) is 0.505. The van der Waals surface area contributed by atoms with Crippen molar-refractivity contribution in [2.24, 2.45) is 5.73 Å². The molecule has 0 aliphatic heterocycles. The molecule has 0 saturated carbocycles. The lowest BCUT2D eigenvalue weighted by Crippen LogP contribution is -2.20. The van der Waals surface area contributed by atoms with Crippen molar-refractivity contribution in [3.8, 4) is 0 Å². The lowest BCUT2D eigenvalue weighted by atomic mass is 10.3. The Kier molecular flexibility index (Phi) is 3.28. The van der Waals surface area contributed by atoms with E-state index in [9.17, 15) is 9.18 Å². The largest absolute Gasteiger partial charge is 0.368 e. The Hall–Kier alpha value is -1.62. The predicted molar refractivity (Wildman–Crippen MR) is 63.3 cm³/mol. The highest BCUT2D eigenvalue weighted by Crippen LogP contribution is 2.18. The fraction of sp³-hybridized carbons (Fsp3) is 0.273. The normalized spacial score (nSPS) is 10.9. The van der Waals surface area contributed by atoms with Gasteiger partial charge in [-0.3, -0.25) is 4.79 Å². The first kappa shape index (κ1) is 11.9. The van der Waals surface area contributed by atoms with E-state index in [1.807, 2.05) is 0 Å². The van der Waals surface area contributed by atoms with Crippen LogP contribution < -0.4 is 5.73 Å². The molecule has 2 rings (SSSR count). The Balaban J connectivity index is 2.57. The molecule has 0 radical (unpaired) electrons. The summed E-state index contributed by atoms with van der Waals surface area (Å²) in [5.41, 5.74) is 6.37. The van der Waals surface area contributed by atoms with Crippen LogP contribution in [0.4, 0.5) is 4.39 Å². The Labute approximate surface area is 102 Å². The molecule has 1 aromatic carbocycles. The minimum Gasteiger partial charge on any atom is -0.368 e. The summed E-state index contributed by atoms with van der Waals surface area (Å²) in [6.45, 7) is 0.0222. The topological polar surface area (TPSA) is 60.9 Å². The number of aryl methyl sites for hydroxylation is 1. The molecule has 0 atom stereocenters. The fourth-order valence-corrected chi connectivity index (χ4v) is 1.93. The zero-order chi connectivity index (χ0) is 12.4. The maximum atomic E-state index is 13.1. The van der Waals surface area contributed by atoms with E-state index in [0.29, 0.717) is 29.2 Å². The van der Waals surface area contributed by atoms with E-state index in [2.05, 4.69) is 4.98 Å². The molecule has 0 spiro atoms. The van der Waals surface area contributed by atoms with Gasteiger partial charge in [-0.1, -0.05) is 0 Å². The van der Waals surface area contributed by atoms with Crippen molar-refractivity contribution in [1.29, 1.82) is 0 Å². The van der Waals surface area contributed by atoms with Gasteiger partial charge in [0.25, 0.3) is 0 Å². The average molecular weight is 256 g/mol. The highest BCUT2D eigenvalue weighted by Gasteiger charge is 2.12. The number of nitrogens with two attached hydrogens (primary N) is 1. The van der Waals surface area contributed by atoms with Crippen LogP contribution in [0.25, 0.3) is 11.0 Å². The number of benzene rings is 1. The van der Waals surface area contributed by atoms with Crippen molar-refractivity contribution >= 4 is 28.5 Å². The van der Waals surface area contributed by atoms with Gasteiger partial charge in [-0.15, -0.1) is 11.6 Å². The molecule has 0 saturated heterocycles. The minimum atomic E-state index is -0.468. The van der Waals surface area contributed by atoms with Crippen LogP contribution in [0, 0.1) is 5.82 Å². The highest BCUT2D eigenvalue weighted by atomic mass is 35.5. The van der Waals surface area contributed by atoms with Gasteiger partial charge in [0, 0.05) is 18.4 Å². The molecule has 2 N–H and O–H groups in total. The van der Waals surface area contributed by atoms with Crippen LogP contribution in [-0.2, 0) is 17.8 Å². The molecule has 4 nitrogen and oxygen atoms in total. The number of alkyl halides is 1. The molecule has 0 aliphatic rings. The third kappa shape index (κ3) is 2.39. The number of amides is 1. The zero-order valence-corrected chi connectivity index (χ0v) is 9.75. The van der Waals surface area contributed by atoms with Crippen LogP contribution in [0.2, 0.25) is 0 Å². The first-order chi connectivity index (χ1) is 8.11. The van der Waals surface area contributed by atoms with Crippen molar-refractivity contribution in [2.75, 3.05) is 5.88 Å². The number of nitrogens with zero attached hydrogens (tertiary/aromatic N) is 2. The van der Waals surface area contributed by atoms with Crippen LogP contribution >= 0.6 is 11.6 Å². The molecule has 2 aromatic rings. The van der Waals surface area contributed by atoms with E-state index >= 15 is 0 Å². The standard InChI is InChI=1S/C11H11ClFN3O/c12-4-3-11-15-8-5-7(13)1-2-9(8)16(11)6-10(14)17/h1-2,5H,3-4,6H2,(H2,14,17). The number of hydrogen-bond acceptors (Lipinski definition) is 2. The summed E-state index contributed by atoms with van der Waals surface area (Å²) in [6, 6.07) is 4.23. The number of rotatable bonds is 4. The number of fused-ring (bicyclic) bond motifs is 1. The van der Waals surface area contributed by atoms with E-state index in [0.717, 1.165) is 0 Å². The second kappa shape index (κ2) is 4.71. The predicted octanol–water partition coefficient (Wildman–Crippen LogP) is 1.44. The highest BCUT2D eigenvalue weighted by molar-refractivity contribution is 6.17. The SMILES string of the molecule is NC(=O)Cn1c(CCCl)nc2cc(F)ccc21. The number of carbonyl (C=O) groups excluding carboxylic acids is 1. The Morgan fingerprint density at radius 2 is 2.29 bits per heavy atom. The second-order valence-electron chi connectivity index (χ2n) is 3.65. The lowest BCUT2D eigenvalue weighted by molar-refractivity contribution is -0.118. The van der Waals surface area contributed by atoms with E-state index in [-0.39, 0.29) is 12.4 Å². The summed E-state index contributed by atoms with van der Waals surface area (Å²) in [4.78, 5) is 15.2. The third-order valence-electron chi connectivity index (χ3n) is 2.42. The van der Waals surface area contributed by atoms with Crippen LogP contribution in [0.5, 0.6) is 0 Å². The van der Waals surface area contributed by atoms with Gasteiger partial charge in [-0.25, -0.2) is 9.37 Å². The van der Waals surface area contributed by atoms with Crippen molar-refractivity contribution in [1.82, 2.24) is 9.55 Å². The van der Waals surface area contributed by atoms with Gasteiger partial charge in [0.2, 0.25) is 5.91 Å². The molecule has 17 heavy (non-hydrogen) atoms. The van der Waals surface area contributed by atoms with E-state index in [1.165, 1.54) is 12.1 Å². The van der Waals surface area contributed by atoms with Crippen molar-refractivity contribution < 1.29 is 9.18 Å². The van der Waals surface area contributed by atoms with Gasteiger partial charge < -0.3 is 10.3 Å². The maximum Gasteiger partial charge on any atom is 0.237 e. The van der Waals surface area contributed by atoms with Crippen molar-refractivity contribution in [3.05, 3.63) is 29.8 Å². The number of carbonyl (C=O) groups is 1. The van der Waals surface area contributed by atoms with Crippen LogP contribution in [0.3, 0.4) is 0 Å². The van der Waals surface area contributed by atoms with Crippen LogP contribution in [0.1, 0.15) is 5.82 Å². The molecular weight excluding hydrogens is 245 g/mol. The quantitative estimate of drug-likeness (QED) is 0.841. The molecule has 1 heterocycles. The van der Waals surface area contributed by atoms with Crippen LogP contribution in [-0.4, -0.2) is 21.3 Å². The third-order valence-corrected chi connectivity index (χ3v) is 2.61. The molecule has 1 aromatic heterocycles. The van der Waals surface area contributed by atoms with Gasteiger partial charge >= 0.3 is 0 Å². The van der Waals surface area contributed by atoms with Gasteiger partial charge in [0.1, 0.15) is 18.2 Å². The summed E-state index contributed by atoms with van der Waals surface area (Å²) in [7, 11) is 0. The van der Waals surface area contributed by atoms with Gasteiger partial charge in [-0.05, 0) is 12.1 Å². The summed E-state index contributed by atoms with van der Waals surface area (Å²) >= 11 is 5.66. The molecule has 1 amide bonds. The number of primary amides is 1. The summed E-state index contributed by atoms with van der Waals surface area (Å²) in [5.74, 6) is 0.187. The van der Waals surface area contributed by atoms with Gasteiger partial charge in [0.15, 0.2) is 0 Å². The molecule has 0 bridgehead atoms. The second-order valence-corrected chi connectivity index (χ2v) is 4.03. The van der Waals surface area contributed by atoms with E-state index in [4.69, 9.17) is 17.3 Å². The van der Waals surface area contributed by atoms with Gasteiger partial charge in [0.05, 0.1) is 11.0 Å². The van der Waals surface area contributed by atoms with E-state index < -0.39 is 5.91 Å². The molecule has 0 aliphatic carbocycles. The summed E-state index contributed by atoms with van der Waals surface area (Å²) < 4.78 is 14.7. The van der Waals surface area contributed by atoms with Crippen LogP contribution in [0.15, 0.2) is 18.2 Å². The Bertz CT molecular complexity index is 567. The molecule has 6 heteroatoms. The minimum absolute atomic E-state index is 0.0222. The zero-order valence-electron chi connectivity index (χ0n) is 8.99. The maximum absolute atomic E-state index is 13.1. The average Bonchev–Trinajstić information content (AvgIpc) is 2.56. The Morgan fingerprint density at radius 1 is 1.53 bits per heavy atom.